The summed E-state index contributed by atoms with van der Waals surface area (Å²) in [5.74, 6) is 0.779. The highest BCUT2D eigenvalue weighted by molar-refractivity contribution is 9.11. The standard InChI is InChI=1S/C15H20Br2N2/c16-11-5-2-6-12(17)15(11)19-14-7-1-4-10(14)13-8-3-9-18-13/h2,5-6,10,13-14,18-19H,1,3-4,7-9H2. The SMILES string of the molecule is Brc1cccc(Br)c1NC1CCCC1C1CCCN1. The van der Waals surface area contributed by atoms with Crippen LogP contribution in [0.4, 0.5) is 5.69 Å². The van der Waals surface area contributed by atoms with Gasteiger partial charge in [-0.1, -0.05) is 12.5 Å². The monoisotopic (exact) mass is 386 g/mol. The van der Waals surface area contributed by atoms with Crippen LogP contribution in [0.25, 0.3) is 0 Å². The summed E-state index contributed by atoms with van der Waals surface area (Å²) in [6.07, 6.45) is 6.68. The van der Waals surface area contributed by atoms with Crippen LogP contribution in [0.15, 0.2) is 27.1 Å². The molecular formula is C15H20Br2N2. The zero-order valence-electron chi connectivity index (χ0n) is 11.0. The number of rotatable bonds is 3. The first-order valence-corrected chi connectivity index (χ1v) is 8.78. The summed E-state index contributed by atoms with van der Waals surface area (Å²) in [4.78, 5) is 0. The molecule has 1 saturated carbocycles. The first-order valence-electron chi connectivity index (χ1n) is 7.19. The minimum atomic E-state index is 0.602. The molecule has 0 bridgehead atoms. The van der Waals surface area contributed by atoms with Gasteiger partial charge in [0.05, 0.1) is 5.69 Å². The number of halogens is 2. The summed E-state index contributed by atoms with van der Waals surface area (Å²) >= 11 is 7.30. The van der Waals surface area contributed by atoms with Gasteiger partial charge in [0, 0.05) is 21.0 Å². The van der Waals surface area contributed by atoms with E-state index in [-0.39, 0.29) is 0 Å². The van der Waals surface area contributed by atoms with E-state index in [1.54, 1.807) is 0 Å². The molecule has 1 heterocycles. The summed E-state index contributed by atoms with van der Waals surface area (Å²) in [6, 6.07) is 7.59. The van der Waals surface area contributed by atoms with E-state index in [0.29, 0.717) is 6.04 Å². The molecule has 1 aromatic rings. The third-order valence-corrected chi connectivity index (χ3v) is 5.80. The largest absolute Gasteiger partial charge is 0.380 e. The van der Waals surface area contributed by atoms with E-state index < -0.39 is 0 Å². The zero-order valence-corrected chi connectivity index (χ0v) is 14.1. The molecule has 3 unspecified atom stereocenters. The van der Waals surface area contributed by atoms with Gasteiger partial charge in [-0.3, -0.25) is 0 Å². The van der Waals surface area contributed by atoms with Crippen LogP contribution in [0, 0.1) is 5.92 Å². The van der Waals surface area contributed by atoms with Crippen LogP contribution < -0.4 is 10.6 Å². The number of benzene rings is 1. The molecular weight excluding hydrogens is 368 g/mol. The number of hydrogen-bond donors (Lipinski definition) is 2. The van der Waals surface area contributed by atoms with Crippen LogP contribution in [-0.4, -0.2) is 18.6 Å². The molecule has 2 nitrogen and oxygen atoms in total. The van der Waals surface area contributed by atoms with Gasteiger partial charge < -0.3 is 10.6 Å². The molecule has 1 saturated heterocycles. The van der Waals surface area contributed by atoms with Gasteiger partial charge in [0.1, 0.15) is 0 Å². The zero-order chi connectivity index (χ0) is 13.2. The maximum absolute atomic E-state index is 3.77. The van der Waals surface area contributed by atoms with E-state index in [0.717, 1.165) is 20.9 Å². The van der Waals surface area contributed by atoms with Crippen LogP contribution >= 0.6 is 31.9 Å². The average molecular weight is 388 g/mol. The lowest BCUT2D eigenvalue weighted by Gasteiger charge is -2.28. The van der Waals surface area contributed by atoms with E-state index in [1.807, 2.05) is 0 Å². The van der Waals surface area contributed by atoms with Crippen LogP contribution in [0.5, 0.6) is 0 Å². The summed E-state index contributed by atoms with van der Waals surface area (Å²) in [5.41, 5.74) is 1.21. The predicted octanol–water partition coefficient (Wildman–Crippen LogP) is 4.54. The van der Waals surface area contributed by atoms with Gasteiger partial charge in [0.25, 0.3) is 0 Å². The normalized spacial score (nSPS) is 30.7. The Morgan fingerprint density at radius 2 is 1.84 bits per heavy atom. The van der Waals surface area contributed by atoms with E-state index in [1.165, 1.54) is 44.3 Å². The molecule has 0 spiro atoms. The quantitative estimate of drug-likeness (QED) is 0.795. The van der Waals surface area contributed by atoms with E-state index in [2.05, 4.69) is 60.7 Å². The molecule has 1 aromatic carbocycles. The maximum Gasteiger partial charge on any atom is 0.0631 e. The van der Waals surface area contributed by atoms with Crippen LogP contribution in [0.1, 0.15) is 32.1 Å². The highest BCUT2D eigenvalue weighted by atomic mass is 79.9. The predicted molar refractivity (Wildman–Crippen MR) is 87.6 cm³/mol. The van der Waals surface area contributed by atoms with Gasteiger partial charge in [-0.15, -0.1) is 0 Å². The van der Waals surface area contributed by atoms with Gasteiger partial charge in [-0.05, 0) is 82.1 Å². The average Bonchev–Trinajstić information content (AvgIpc) is 3.04. The molecule has 3 atom stereocenters. The summed E-state index contributed by atoms with van der Waals surface area (Å²) in [5, 5.41) is 7.45. The first-order chi connectivity index (χ1) is 9.25. The fourth-order valence-corrected chi connectivity index (χ4v) is 4.77. The van der Waals surface area contributed by atoms with Crippen molar-refractivity contribution in [2.45, 2.75) is 44.2 Å². The second kappa shape index (κ2) is 6.15. The van der Waals surface area contributed by atoms with Gasteiger partial charge in [-0.25, -0.2) is 0 Å². The van der Waals surface area contributed by atoms with Crippen molar-refractivity contribution in [3.63, 3.8) is 0 Å². The van der Waals surface area contributed by atoms with E-state index in [9.17, 15) is 0 Å². The molecule has 19 heavy (non-hydrogen) atoms. The summed E-state index contributed by atoms with van der Waals surface area (Å²) < 4.78 is 2.29. The molecule has 1 aliphatic carbocycles. The van der Waals surface area contributed by atoms with Crippen molar-refractivity contribution >= 4 is 37.5 Å². The Balaban J connectivity index is 1.74. The minimum absolute atomic E-state index is 0.602. The fraction of sp³-hybridized carbons (Fsp3) is 0.600. The number of nitrogens with one attached hydrogen (secondary N) is 2. The lowest BCUT2D eigenvalue weighted by atomic mass is 9.93. The second-order valence-corrected chi connectivity index (χ2v) is 7.35. The van der Waals surface area contributed by atoms with Gasteiger partial charge >= 0.3 is 0 Å². The molecule has 2 fully saturated rings. The van der Waals surface area contributed by atoms with Crippen molar-refractivity contribution in [3.05, 3.63) is 27.1 Å². The molecule has 104 valence electrons. The smallest absolute Gasteiger partial charge is 0.0631 e. The summed E-state index contributed by atoms with van der Waals surface area (Å²) in [7, 11) is 0. The highest BCUT2D eigenvalue weighted by Gasteiger charge is 2.35. The van der Waals surface area contributed by atoms with E-state index >= 15 is 0 Å². The lowest BCUT2D eigenvalue weighted by molar-refractivity contribution is 0.376. The number of para-hydroxylation sites is 1. The molecule has 0 aromatic heterocycles. The van der Waals surface area contributed by atoms with Crippen molar-refractivity contribution in [2.75, 3.05) is 11.9 Å². The Kier molecular flexibility index (Phi) is 4.50. The third-order valence-electron chi connectivity index (χ3n) is 4.48. The summed E-state index contributed by atoms with van der Waals surface area (Å²) in [6.45, 7) is 1.20. The first kappa shape index (κ1) is 13.9. The van der Waals surface area contributed by atoms with Crippen molar-refractivity contribution in [1.82, 2.24) is 5.32 Å². The Bertz CT molecular complexity index is 424. The molecule has 2 aliphatic rings. The number of anilines is 1. The number of hydrogen-bond acceptors (Lipinski definition) is 2. The van der Waals surface area contributed by atoms with Gasteiger partial charge in [0.2, 0.25) is 0 Å². The molecule has 2 N–H and O–H groups in total. The second-order valence-electron chi connectivity index (χ2n) is 5.65. The Morgan fingerprint density at radius 1 is 1.05 bits per heavy atom. The minimum Gasteiger partial charge on any atom is -0.380 e. The molecule has 4 heteroatoms. The molecule has 0 amide bonds. The van der Waals surface area contributed by atoms with Gasteiger partial charge in [-0.2, -0.15) is 0 Å². The topological polar surface area (TPSA) is 24.1 Å². The van der Waals surface area contributed by atoms with Crippen LogP contribution in [0.3, 0.4) is 0 Å². The van der Waals surface area contributed by atoms with Crippen LogP contribution in [0.2, 0.25) is 0 Å². The van der Waals surface area contributed by atoms with Gasteiger partial charge in [0.15, 0.2) is 0 Å². The lowest BCUT2D eigenvalue weighted by Crippen LogP contribution is -2.38. The maximum atomic E-state index is 3.77. The van der Waals surface area contributed by atoms with Crippen molar-refractivity contribution < 1.29 is 0 Å². The van der Waals surface area contributed by atoms with Crippen molar-refractivity contribution in [2.24, 2.45) is 5.92 Å². The molecule has 3 rings (SSSR count). The van der Waals surface area contributed by atoms with Crippen LogP contribution in [-0.2, 0) is 0 Å². The van der Waals surface area contributed by atoms with E-state index in [4.69, 9.17) is 0 Å². The fourth-order valence-electron chi connectivity index (χ4n) is 3.55. The molecule has 1 aliphatic heterocycles. The Morgan fingerprint density at radius 3 is 2.53 bits per heavy atom. The Labute approximate surface area is 132 Å². The third kappa shape index (κ3) is 3.01. The van der Waals surface area contributed by atoms with Crippen molar-refractivity contribution in [3.8, 4) is 0 Å². The van der Waals surface area contributed by atoms with Crippen molar-refractivity contribution in [1.29, 1.82) is 0 Å². The molecule has 0 radical (unpaired) electrons. The Hall–Kier alpha value is -0.0600. The highest BCUT2D eigenvalue weighted by Crippen LogP contribution is 2.37.